The number of aliphatic carboxylic acids is 1. The van der Waals surface area contributed by atoms with E-state index in [0.29, 0.717) is 42.2 Å². The van der Waals surface area contributed by atoms with Gasteiger partial charge in [-0.05, 0) is 35.4 Å². The number of carboxylic acids is 1. The maximum Gasteiger partial charge on any atom is 0.324 e. The van der Waals surface area contributed by atoms with E-state index in [9.17, 15) is 14.7 Å². The van der Waals surface area contributed by atoms with E-state index in [4.69, 9.17) is 16.3 Å². The van der Waals surface area contributed by atoms with E-state index >= 15 is 0 Å². The number of hydrogen-bond donors (Lipinski definition) is 2. The summed E-state index contributed by atoms with van der Waals surface area (Å²) >= 11 is 6.65. The lowest BCUT2D eigenvalue weighted by Gasteiger charge is -2.53. The van der Waals surface area contributed by atoms with Gasteiger partial charge in [0.2, 0.25) is 0 Å². The summed E-state index contributed by atoms with van der Waals surface area (Å²) in [7, 11) is 0. The Labute approximate surface area is 235 Å². The third-order valence-corrected chi connectivity index (χ3v) is 8.80. The van der Waals surface area contributed by atoms with Gasteiger partial charge in [-0.1, -0.05) is 74.8 Å². The summed E-state index contributed by atoms with van der Waals surface area (Å²) in [5, 5.41) is 16.7. The van der Waals surface area contributed by atoms with Crippen molar-refractivity contribution in [2.45, 2.75) is 46.3 Å². The molecule has 2 N–H and O–H groups in total. The lowest BCUT2D eigenvalue weighted by Crippen LogP contribution is -2.73. The predicted octanol–water partition coefficient (Wildman–Crippen LogP) is 5.99. The molecule has 2 aliphatic rings. The zero-order valence-corrected chi connectivity index (χ0v) is 23.9. The summed E-state index contributed by atoms with van der Waals surface area (Å²) in [5.74, 6) is -1.38. The first-order valence-corrected chi connectivity index (χ1v) is 14.1. The van der Waals surface area contributed by atoms with Crippen molar-refractivity contribution in [2.24, 2.45) is 10.8 Å². The van der Waals surface area contributed by atoms with E-state index in [-0.39, 0.29) is 23.8 Å². The van der Waals surface area contributed by atoms with E-state index in [1.807, 2.05) is 36.4 Å². The van der Waals surface area contributed by atoms with Gasteiger partial charge in [-0.3, -0.25) is 14.1 Å². The topological polar surface area (TPSA) is 75.6 Å². The molecule has 0 spiro atoms. The Morgan fingerprint density at radius 2 is 1.85 bits per heavy atom. The molecule has 7 heteroatoms. The number of Topliss-reactive ketones (excluding diaryl/α,β-unsaturated/α-hetero) is 1. The molecule has 2 aliphatic heterocycles. The van der Waals surface area contributed by atoms with Gasteiger partial charge >= 0.3 is 5.97 Å². The molecule has 2 unspecified atom stereocenters. The number of ketones is 1. The number of quaternary nitrogens is 1. The van der Waals surface area contributed by atoms with E-state index in [0.717, 1.165) is 27.6 Å². The van der Waals surface area contributed by atoms with Crippen LogP contribution < -0.4 is 9.80 Å². The fourth-order valence-corrected chi connectivity index (χ4v) is 7.33. The van der Waals surface area contributed by atoms with Crippen molar-refractivity contribution in [3.05, 3.63) is 76.8 Å². The third-order valence-electron chi connectivity index (χ3n) is 8.56. The molecule has 0 aliphatic carbocycles. The van der Waals surface area contributed by atoms with Crippen LogP contribution in [-0.2, 0) is 14.3 Å². The Morgan fingerprint density at radius 1 is 1.10 bits per heavy atom. The molecule has 0 bridgehead atoms. The number of carbonyl (C=O) groups excluding carboxylic acids is 1. The monoisotopic (exact) mass is 549 g/mol. The number of ether oxygens (including phenoxy) is 1. The standard InChI is InChI=1S/C32H37ClN2O4/c1-21(36)32(30(37)38)19-34-15-14-28(32)35(20-31(2,3)4)16-17-39-29(26-18-23(33)12-13-27(26)35)25-11-7-9-22-8-5-6-10-24(22)25/h5-13,18,28-29,34H,14-17,19-20H2,1-4H3/p+1/t28-,29?,32+,35?/m1/s1. The summed E-state index contributed by atoms with van der Waals surface area (Å²) in [6.45, 7) is 10.3. The second-order valence-corrected chi connectivity index (χ2v) is 12.7. The second kappa shape index (κ2) is 10.3. The minimum absolute atomic E-state index is 0.114. The molecule has 0 radical (unpaired) electrons. The number of hydrogen-bond acceptors (Lipinski definition) is 4. The fourth-order valence-electron chi connectivity index (χ4n) is 7.15. The number of carbonyl (C=O) groups is 2. The Kier molecular flexibility index (Phi) is 7.36. The number of piperidine rings is 1. The van der Waals surface area contributed by atoms with Crippen molar-refractivity contribution >= 4 is 39.8 Å². The number of carboxylic acid groups (broad SMARTS) is 1. The number of fused-ring (bicyclic) bond motifs is 2. The zero-order valence-electron chi connectivity index (χ0n) is 23.2. The highest BCUT2D eigenvalue weighted by atomic mass is 35.5. The fraction of sp³-hybridized carbons (Fsp3) is 0.438. The van der Waals surface area contributed by atoms with Gasteiger partial charge in [-0.25, -0.2) is 0 Å². The van der Waals surface area contributed by atoms with Gasteiger partial charge in [-0.15, -0.1) is 0 Å². The number of benzene rings is 3. The maximum atomic E-state index is 13.3. The van der Waals surface area contributed by atoms with Gasteiger partial charge in [-0.2, -0.15) is 0 Å². The molecule has 6 nitrogen and oxygen atoms in total. The Bertz CT molecular complexity index is 1400. The van der Waals surface area contributed by atoms with Crippen LogP contribution in [0, 0.1) is 10.8 Å². The molecule has 1 fully saturated rings. The normalized spacial score (nSPS) is 27.5. The number of rotatable bonds is 5. The molecule has 3 aromatic rings. The molecule has 0 aromatic heterocycles. The highest BCUT2D eigenvalue weighted by Gasteiger charge is 2.62. The first-order chi connectivity index (χ1) is 18.5. The minimum atomic E-state index is -1.56. The Morgan fingerprint density at radius 3 is 2.56 bits per heavy atom. The van der Waals surface area contributed by atoms with Gasteiger partial charge < -0.3 is 15.2 Å². The molecule has 39 heavy (non-hydrogen) atoms. The summed E-state index contributed by atoms with van der Waals surface area (Å²) in [4.78, 5) is 26.4. The maximum absolute atomic E-state index is 13.3. The van der Waals surface area contributed by atoms with E-state index in [1.165, 1.54) is 6.92 Å². The Hall–Kier alpha value is -2.77. The van der Waals surface area contributed by atoms with Crippen LogP contribution in [0.5, 0.6) is 0 Å². The summed E-state index contributed by atoms with van der Waals surface area (Å²) in [6.07, 6.45) is 0.172. The van der Waals surface area contributed by atoms with Crippen molar-refractivity contribution < 1.29 is 19.4 Å². The van der Waals surface area contributed by atoms with Crippen molar-refractivity contribution in [2.75, 3.05) is 32.8 Å². The highest BCUT2D eigenvalue weighted by molar-refractivity contribution is 6.30. The number of halogens is 1. The average molecular weight is 550 g/mol. The van der Waals surface area contributed by atoms with Crippen molar-refractivity contribution in [3.8, 4) is 0 Å². The molecule has 206 valence electrons. The first-order valence-electron chi connectivity index (χ1n) is 13.7. The van der Waals surface area contributed by atoms with E-state index < -0.39 is 17.4 Å². The molecule has 0 amide bonds. The van der Waals surface area contributed by atoms with Crippen LogP contribution >= 0.6 is 11.6 Å². The van der Waals surface area contributed by atoms with Crippen LogP contribution in [0.1, 0.15) is 51.3 Å². The quantitative estimate of drug-likeness (QED) is 0.302. The van der Waals surface area contributed by atoms with E-state index in [1.54, 1.807) is 0 Å². The summed E-state index contributed by atoms with van der Waals surface area (Å²) in [6, 6.07) is 19.9. The van der Waals surface area contributed by atoms with Crippen molar-refractivity contribution in [3.63, 3.8) is 0 Å². The molecule has 5 rings (SSSR count). The van der Waals surface area contributed by atoms with Crippen LogP contribution in [-0.4, -0.2) is 55.7 Å². The van der Waals surface area contributed by atoms with Gasteiger partial charge in [0.25, 0.3) is 0 Å². The van der Waals surface area contributed by atoms with Crippen LogP contribution in [0.15, 0.2) is 60.7 Å². The van der Waals surface area contributed by atoms with E-state index in [2.05, 4.69) is 50.4 Å². The largest absolute Gasteiger partial charge is 0.480 e. The molecular weight excluding hydrogens is 512 g/mol. The number of nitrogens with zero attached hydrogens (tertiary/aromatic N) is 1. The van der Waals surface area contributed by atoms with Gasteiger partial charge in [0.15, 0.2) is 11.2 Å². The van der Waals surface area contributed by atoms with Crippen molar-refractivity contribution in [1.82, 2.24) is 9.80 Å². The van der Waals surface area contributed by atoms with Crippen LogP contribution in [0.2, 0.25) is 5.02 Å². The molecule has 4 atom stereocenters. The first kappa shape index (κ1) is 27.8. The average Bonchev–Trinajstić information content (AvgIpc) is 3.04. The van der Waals surface area contributed by atoms with Crippen LogP contribution in [0.25, 0.3) is 10.8 Å². The molecule has 1 saturated heterocycles. The Balaban J connectivity index is 1.80. The lowest BCUT2D eigenvalue weighted by molar-refractivity contribution is -0.161. The molecule has 0 saturated carbocycles. The minimum Gasteiger partial charge on any atom is -0.480 e. The molecular formula is C32H38ClN2O4+. The molecule has 2 heterocycles. The smallest absolute Gasteiger partial charge is 0.324 e. The highest BCUT2D eigenvalue weighted by Crippen LogP contribution is 2.49. The van der Waals surface area contributed by atoms with Gasteiger partial charge in [0, 0.05) is 41.6 Å². The SMILES string of the molecule is CC(=O)[C@@]1(C(=O)O)CNCC[C@H]1[N+]1(CC(C)(C)C)CCOC(c2cccc3ccccc23)c2cc(Cl)ccc21. The zero-order chi connectivity index (χ0) is 28.0. The van der Waals surface area contributed by atoms with Crippen LogP contribution in [0.4, 0.5) is 5.69 Å². The molecule has 3 aromatic carbocycles. The van der Waals surface area contributed by atoms with Crippen molar-refractivity contribution in [1.29, 1.82) is 0 Å². The van der Waals surface area contributed by atoms with Gasteiger partial charge in [0.1, 0.15) is 24.4 Å². The van der Waals surface area contributed by atoms with Crippen LogP contribution in [0.3, 0.4) is 0 Å². The van der Waals surface area contributed by atoms with Gasteiger partial charge in [0.05, 0.1) is 13.2 Å². The predicted molar refractivity (Wildman–Crippen MR) is 156 cm³/mol. The third kappa shape index (κ3) is 4.78. The number of nitrogens with one attached hydrogen (secondary N) is 1. The second-order valence-electron chi connectivity index (χ2n) is 12.3. The lowest BCUT2D eigenvalue weighted by atomic mass is 9.70. The summed E-state index contributed by atoms with van der Waals surface area (Å²) < 4.78 is 7.06. The summed E-state index contributed by atoms with van der Waals surface area (Å²) in [5.41, 5.74) is 1.25.